The molecule has 3 aromatic rings. The van der Waals surface area contributed by atoms with E-state index in [9.17, 15) is 26.7 Å². The molecule has 1 aromatic carbocycles. The highest BCUT2D eigenvalue weighted by Crippen LogP contribution is 2.34. The van der Waals surface area contributed by atoms with Gasteiger partial charge in [0.15, 0.2) is 0 Å². The van der Waals surface area contributed by atoms with E-state index >= 15 is 0 Å². The van der Waals surface area contributed by atoms with Crippen LogP contribution in [0.3, 0.4) is 0 Å². The van der Waals surface area contributed by atoms with Crippen LogP contribution in [0.4, 0.5) is 24.7 Å². The van der Waals surface area contributed by atoms with Crippen molar-refractivity contribution in [2.75, 3.05) is 70.0 Å². The van der Waals surface area contributed by atoms with E-state index in [-0.39, 0.29) is 10.8 Å². The van der Waals surface area contributed by atoms with Gasteiger partial charge in [0.2, 0.25) is 5.91 Å². The van der Waals surface area contributed by atoms with Crippen molar-refractivity contribution in [2.24, 2.45) is 0 Å². The number of alkyl halides is 3. The molecule has 218 valence electrons. The minimum Gasteiger partial charge on any atom is -0.760 e. The Morgan fingerprint density at radius 2 is 1.70 bits per heavy atom. The second-order valence-corrected chi connectivity index (χ2v) is 11.7. The Bertz CT molecular complexity index is 1310. The second-order valence-electron chi connectivity index (χ2n) is 9.66. The normalized spacial score (nSPS) is 17.9. The lowest BCUT2D eigenvalue weighted by Gasteiger charge is -2.35. The second kappa shape index (κ2) is 13.2. The highest BCUT2D eigenvalue weighted by atomic mass is 32.2. The summed E-state index contributed by atoms with van der Waals surface area (Å²) < 4.78 is 60.4. The zero-order valence-corrected chi connectivity index (χ0v) is 23.6. The van der Waals surface area contributed by atoms with Crippen LogP contribution in [0.5, 0.6) is 0 Å². The lowest BCUT2D eigenvalue weighted by atomic mass is 10.1. The van der Waals surface area contributed by atoms with Crippen molar-refractivity contribution in [3.8, 4) is 0 Å². The van der Waals surface area contributed by atoms with Gasteiger partial charge in [0.1, 0.15) is 17.0 Å². The van der Waals surface area contributed by atoms with Gasteiger partial charge in [-0.3, -0.25) is 9.00 Å². The van der Waals surface area contributed by atoms with E-state index in [0.29, 0.717) is 67.4 Å². The third-order valence-electron chi connectivity index (χ3n) is 6.67. The van der Waals surface area contributed by atoms with E-state index in [0.717, 1.165) is 30.0 Å². The molecule has 15 heteroatoms. The smallest absolute Gasteiger partial charge is 0.393 e. The minimum atomic E-state index is -4.26. The topological polar surface area (TPSA) is 122 Å². The number of nitrogen functional groups attached to an aromatic ring is 1. The summed E-state index contributed by atoms with van der Waals surface area (Å²) in [7, 11) is 1.99. The van der Waals surface area contributed by atoms with E-state index in [1.807, 2.05) is 24.1 Å². The number of anilines is 2. The van der Waals surface area contributed by atoms with Gasteiger partial charge < -0.3 is 25.0 Å². The summed E-state index contributed by atoms with van der Waals surface area (Å²) in [6.07, 6.45) is -3.54. The van der Waals surface area contributed by atoms with E-state index in [1.165, 1.54) is 16.7 Å². The Labute approximate surface area is 237 Å². The summed E-state index contributed by atoms with van der Waals surface area (Å²) in [6.45, 7) is 5.12. The highest BCUT2D eigenvalue weighted by Gasteiger charge is 2.30. The number of nitrogens with two attached hydrogens (primary N) is 1. The Hall–Kier alpha value is -2.85. The van der Waals surface area contributed by atoms with Crippen molar-refractivity contribution in [3.63, 3.8) is 0 Å². The number of benzene rings is 1. The summed E-state index contributed by atoms with van der Waals surface area (Å²) in [5.74, 6) is 0.658. The number of likely N-dealkylation sites (N-methyl/N-ethyl adjacent to an activating group) is 1. The molecule has 1 amide bonds. The number of amides is 1. The molecule has 1 atom stereocenters. The minimum absolute atomic E-state index is 0.0373. The molecule has 4 heterocycles. The first-order valence-electron chi connectivity index (χ1n) is 12.7. The molecule has 2 aromatic heterocycles. The summed E-state index contributed by atoms with van der Waals surface area (Å²) in [6, 6.07) is 8.76. The molecule has 10 nitrogen and oxygen atoms in total. The van der Waals surface area contributed by atoms with Gasteiger partial charge in [-0.15, -0.1) is 11.3 Å². The standard InChI is InChI=1S/C20H20F3N5OS.C5H12N2O2S/c21-20(22,23)11-15-10-16-18(25-12-26-19(16)30-15)28-7-5-27(6-8-28)17(29)9-13-1-3-14(24)4-2-13;1-6-2-4-7(5-3-6)10(8)9/h1-4,10,12H,5-9,11,24H2;2-5H2,1H3,(H,8,9)/p-1. The highest BCUT2D eigenvalue weighted by molar-refractivity contribution is 7.76. The van der Waals surface area contributed by atoms with Gasteiger partial charge in [-0.1, -0.05) is 12.1 Å². The molecule has 2 N–H and O–H groups in total. The van der Waals surface area contributed by atoms with Crippen LogP contribution >= 0.6 is 11.3 Å². The van der Waals surface area contributed by atoms with E-state index in [1.54, 1.807) is 17.0 Å². The molecule has 2 fully saturated rings. The van der Waals surface area contributed by atoms with Crippen LogP contribution < -0.4 is 10.6 Å². The molecule has 0 radical (unpaired) electrons. The van der Waals surface area contributed by atoms with Crippen LogP contribution in [-0.4, -0.2) is 104 Å². The predicted molar refractivity (Wildman–Crippen MR) is 149 cm³/mol. The maximum Gasteiger partial charge on any atom is 0.393 e. The number of thiophene rings is 1. The largest absolute Gasteiger partial charge is 0.760 e. The van der Waals surface area contributed by atoms with Crippen molar-refractivity contribution in [1.29, 1.82) is 0 Å². The molecule has 1 unspecified atom stereocenters. The van der Waals surface area contributed by atoms with Gasteiger partial charge in [0.05, 0.1) is 18.2 Å². The maximum absolute atomic E-state index is 12.7. The van der Waals surface area contributed by atoms with Crippen LogP contribution in [0, 0.1) is 0 Å². The molecule has 2 saturated heterocycles. The Morgan fingerprint density at radius 1 is 1.05 bits per heavy atom. The zero-order valence-electron chi connectivity index (χ0n) is 22.0. The first-order chi connectivity index (χ1) is 19.0. The number of hydrogen-bond donors (Lipinski definition) is 1. The quantitative estimate of drug-likeness (QED) is 0.351. The Balaban J connectivity index is 0.000000312. The van der Waals surface area contributed by atoms with Gasteiger partial charge in [-0.25, -0.2) is 14.3 Å². The van der Waals surface area contributed by atoms with Gasteiger partial charge in [-0.05, 0) is 30.8 Å². The SMILES string of the molecule is CN1CCN(S(=O)[O-])CC1.Nc1ccc(CC(=O)N2CCN(c3ncnc4sc(CC(F)(F)F)cc34)CC2)cc1. The predicted octanol–water partition coefficient (Wildman–Crippen LogP) is 2.30. The number of halogens is 3. The monoisotopic (exact) mass is 598 g/mol. The average molecular weight is 599 g/mol. The number of nitrogens with zero attached hydrogens (tertiary/aromatic N) is 6. The molecule has 0 aliphatic carbocycles. The van der Waals surface area contributed by atoms with E-state index < -0.39 is 23.9 Å². The number of fused-ring (bicyclic) bond motifs is 1. The zero-order chi connectivity index (χ0) is 28.9. The third kappa shape index (κ3) is 8.33. The fourth-order valence-electron chi connectivity index (χ4n) is 4.46. The number of piperazine rings is 2. The molecule has 2 aliphatic rings. The third-order valence-corrected chi connectivity index (χ3v) is 8.50. The van der Waals surface area contributed by atoms with Gasteiger partial charge in [0, 0.05) is 74.2 Å². The lowest BCUT2D eigenvalue weighted by Crippen LogP contribution is -2.49. The van der Waals surface area contributed by atoms with Crippen molar-refractivity contribution >= 4 is 50.2 Å². The first-order valence-corrected chi connectivity index (χ1v) is 14.5. The average Bonchev–Trinajstić information content (AvgIpc) is 3.31. The molecule has 0 bridgehead atoms. The van der Waals surface area contributed by atoms with Gasteiger partial charge in [0.25, 0.3) is 0 Å². The molecule has 40 heavy (non-hydrogen) atoms. The number of rotatable bonds is 5. The van der Waals surface area contributed by atoms with Gasteiger partial charge >= 0.3 is 6.18 Å². The maximum atomic E-state index is 12.7. The molecule has 2 aliphatic heterocycles. The number of carbonyl (C=O) groups excluding carboxylic acids is 1. The van der Waals surface area contributed by atoms with Crippen LogP contribution in [-0.2, 0) is 28.9 Å². The molecule has 5 rings (SSSR count). The Kier molecular flexibility index (Phi) is 9.94. The molecular weight excluding hydrogens is 567 g/mol. The Morgan fingerprint density at radius 3 is 2.30 bits per heavy atom. The number of hydrogen-bond acceptors (Lipinski definition) is 9. The number of carbonyl (C=O) groups is 1. The molecule has 0 saturated carbocycles. The van der Waals surface area contributed by atoms with Gasteiger partial charge in [-0.2, -0.15) is 13.2 Å². The molecular formula is C25H31F3N7O3S2-. The van der Waals surface area contributed by atoms with Crippen molar-refractivity contribution in [1.82, 2.24) is 24.1 Å². The van der Waals surface area contributed by atoms with Crippen molar-refractivity contribution in [2.45, 2.75) is 19.0 Å². The van der Waals surface area contributed by atoms with E-state index in [4.69, 9.17) is 5.73 Å². The fraction of sp³-hybridized carbons (Fsp3) is 0.480. The van der Waals surface area contributed by atoms with Crippen LogP contribution in [0.2, 0.25) is 0 Å². The van der Waals surface area contributed by atoms with Crippen molar-refractivity contribution in [3.05, 3.63) is 47.1 Å². The van der Waals surface area contributed by atoms with Crippen LogP contribution in [0.1, 0.15) is 10.4 Å². The summed E-state index contributed by atoms with van der Waals surface area (Å²) in [5, 5.41) is 0.628. The van der Waals surface area contributed by atoms with Crippen LogP contribution in [0.25, 0.3) is 10.2 Å². The first kappa shape index (κ1) is 30.1. The van der Waals surface area contributed by atoms with E-state index in [2.05, 4.69) is 14.9 Å². The van der Waals surface area contributed by atoms with Crippen molar-refractivity contribution < 1.29 is 26.7 Å². The summed E-state index contributed by atoms with van der Waals surface area (Å²) in [4.78, 5) is 27.7. The summed E-state index contributed by atoms with van der Waals surface area (Å²) >= 11 is -0.972. The summed E-state index contributed by atoms with van der Waals surface area (Å²) in [5.41, 5.74) is 7.24. The fourth-order valence-corrected chi connectivity index (χ4v) is 5.94. The lowest BCUT2D eigenvalue weighted by molar-refractivity contribution is -0.130. The number of aromatic nitrogens is 2. The van der Waals surface area contributed by atoms with Crippen LogP contribution in [0.15, 0.2) is 36.7 Å². The molecule has 0 spiro atoms.